The van der Waals surface area contributed by atoms with Gasteiger partial charge in [-0.25, -0.2) is 9.18 Å². The standard InChI is InChI=1S/C35H31FNO12PS/c36-21-11-6-19(7-12-21)25(38)17-51-32-27(37(33(32)42)22-4-2-1-3-5-22)24-15-10-20(18-8-13-23(14-9-18)50(45,46)47)16-26(24)48-35-30(41)28(39)29(40)31(49-35)34(43)44/h1-16,27-32,35,39-41H,17H2,(H,43,44)(H2,45,46,47)/t27-,28?,29?,30?,31?,32-,35-/m1/s1. The minimum Gasteiger partial charge on any atom is -0.479 e. The van der Waals surface area contributed by atoms with Crippen LogP contribution in [0.3, 0.4) is 0 Å². The molecular formula is C35H31FNO12PS. The molecule has 0 bridgehead atoms. The van der Waals surface area contributed by atoms with Crippen molar-refractivity contribution in [2.24, 2.45) is 0 Å². The molecule has 6 N–H and O–H groups in total. The van der Waals surface area contributed by atoms with Crippen LogP contribution < -0.4 is 14.9 Å². The number of ketones is 1. The number of carboxylic acid groups (broad SMARTS) is 1. The number of hydrogen-bond acceptors (Lipinski definition) is 10. The average Bonchev–Trinajstić information content (AvgIpc) is 3.11. The highest BCUT2D eigenvalue weighted by Crippen LogP contribution is 2.49. The Kier molecular flexibility index (Phi) is 10.4. The molecule has 1 amide bonds. The summed E-state index contributed by atoms with van der Waals surface area (Å²) in [5.41, 5.74) is 2.02. The molecule has 13 nitrogen and oxygen atoms in total. The third kappa shape index (κ3) is 7.47. The Morgan fingerprint density at radius 1 is 0.863 bits per heavy atom. The summed E-state index contributed by atoms with van der Waals surface area (Å²) in [5, 5.41) is 40.0. The van der Waals surface area contributed by atoms with Gasteiger partial charge in [-0.2, -0.15) is 0 Å². The van der Waals surface area contributed by atoms with Crippen LogP contribution in [0.15, 0.2) is 97.1 Å². The van der Waals surface area contributed by atoms with E-state index >= 15 is 0 Å². The van der Waals surface area contributed by atoms with Crippen molar-refractivity contribution in [2.45, 2.75) is 42.0 Å². The number of aliphatic hydroxyl groups is 3. The van der Waals surface area contributed by atoms with Crippen LogP contribution in [0.25, 0.3) is 11.1 Å². The Bertz CT molecular complexity index is 1980. The first-order valence-electron chi connectivity index (χ1n) is 15.4. The molecule has 7 atom stereocenters. The van der Waals surface area contributed by atoms with Crippen molar-refractivity contribution in [3.8, 4) is 16.9 Å². The number of β-lactam (4-membered cyclic amide) rings is 1. The fourth-order valence-electron chi connectivity index (χ4n) is 5.87. The number of amides is 1. The van der Waals surface area contributed by atoms with Gasteiger partial charge in [-0.3, -0.25) is 14.2 Å². The van der Waals surface area contributed by atoms with Gasteiger partial charge in [-0.05, 0) is 65.7 Å². The van der Waals surface area contributed by atoms with Gasteiger partial charge < -0.3 is 44.6 Å². The predicted molar refractivity (Wildman–Crippen MR) is 182 cm³/mol. The van der Waals surface area contributed by atoms with Crippen LogP contribution in [0.1, 0.15) is 22.0 Å². The fourth-order valence-corrected chi connectivity index (χ4v) is 7.61. The maximum Gasteiger partial charge on any atom is 0.356 e. The number of ether oxygens (including phenoxy) is 2. The summed E-state index contributed by atoms with van der Waals surface area (Å²) in [4.78, 5) is 59.2. The molecule has 0 radical (unpaired) electrons. The van der Waals surface area contributed by atoms with Crippen molar-refractivity contribution in [3.63, 3.8) is 0 Å². The second-order valence-corrected chi connectivity index (χ2v) is 14.6. The molecule has 6 rings (SSSR count). The number of nitrogens with zero attached hydrogens (tertiary/aromatic N) is 1. The highest BCUT2D eigenvalue weighted by Gasteiger charge is 2.52. The number of para-hydroxylation sites is 1. The minimum absolute atomic E-state index is 0.0303. The molecule has 16 heteroatoms. The molecule has 0 saturated carbocycles. The van der Waals surface area contributed by atoms with Crippen LogP contribution in [0.5, 0.6) is 5.75 Å². The van der Waals surface area contributed by atoms with Gasteiger partial charge in [0, 0.05) is 16.8 Å². The summed E-state index contributed by atoms with van der Waals surface area (Å²) < 4.78 is 36.7. The van der Waals surface area contributed by atoms with E-state index in [4.69, 9.17) is 9.47 Å². The number of carbonyl (C=O) groups excluding carboxylic acids is 2. The quantitative estimate of drug-likeness (QED) is 0.0743. The molecule has 4 aromatic rings. The summed E-state index contributed by atoms with van der Waals surface area (Å²) in [6, 6.07) is 23.0. The smallest absolute Gasteiger partial charge is 0.356 e. The third-order valence-electron chi connectivity index (χ3n) is 8.57. The molecule has 0 aliphatic carbocycles. The summed E-state index contributed by atoms with van der Waals surface area (Å²) in [5.74, 6) is -2.99. The lowest BCUT2D eigenvalue weighted by molar-refractivity contribution is -0.271. The van der Waals surface area contributed by atoms with Crippen LogP contribution in [0.2, 0.25) is 0 Å². The molecule has 2 aliphatic rings. The van der Waals surface area contributed by atoms with Gasteiger partial charge in [0.2, 0.25) is 12.2 Å². The Labute approximate surface area is 294 Å². The summed E-state index contributed by atoms with van der Waals surface area (Å²) in [6.07, 6.45) is -9.65. The van der Waals surface area contributed by atoms with Crippen LogP contribution >= 0.6 is 19.4 Å². The lowest BCUT2D eigenvalue weighted by Crippen LogP contribution is -2.61. The van der Waals surface area contributed by atoms with Gasteiger partial charge in [0.1, 0.15) is 35.1 Å². The maximum absolute atomic E-state index is 13.7. The number of carboxylic acids is 1. The van der Waals surface area contributed by atoms with Crippen molar-refractivity contribution in [3.05, 3.63) is 114 Å². The number of anilines is 1. The van der Waals surface area contributed by atoms with Crippen molar-refractivity contribution >= 4 is 48.0 Å². The predicted octanol–water partition coefficient (Wildman–Crippen LogP) is 2.64. The van der Waals surface area contributed by atoms with Gasteiger partial charge in [0.25, 0.3) is 0 Å². The monoisotopic (exact) mass is 739 g/mol. The minimum atomic E-state index is -4.54. The molecule has 4 unspecified atom stereocenters. The number of aliphatic carboxylic acids is 1. The molecule has 0 spiro atoms. The van der Waals surface area contributed by atoms with Crippen LogP contribution in [-0.4, -0.2) is 89.6 Å². The number of halogens is 1. The Hall–Kier alpha value is -4.44. The zero-order valence-corrected chi connectivity index (χ0v) is 28.0. The first-order valence-corrected chi connectivity index (χ1v) is 18.1. The summed E-state index contributed by atoms with van der Waals surface area (Å²) in [7, 11) is -4.54. The largest absolute Gasteiger partial charge is 0.479 e. The second-order valence-electron chi connectivity index (χ2n) is 11.8. The SMILES string of the molecule is O=C(CS[C@H]1C(=O)N(c2ccccc2)[C@@H]1c1ccc(-c2ccc(P(=O)(O)O)cc2)cc1O[C@@H]1OC(C(=O)O)C(O)C(O)C1O)c1ccc(F)cc1. The topological polar surface area (TPSA) is 211 Å². The maximum atomic E-state index is 13.7. The first-order chi connectivity index (χ1) is 24.2. The van der Waals surface area contributed by atoms with E-state index in [2.05, 4.69) is 0 Å². The number of hydrogen-bond donors (Lipinski definition) is 6. The van der Waals surface area contributed by atoms with Crippen molar-refractivity contribution in [2.75, 3.05) is 10.7 Å². The summed E-state index contributed by atoms with van der Waals surface area (Å²) in [6.45, 7) is 0. The van der Waals surface area contributed by atoms with Gasteiger partial charge in [0.15, 0.2) is 11.9 Å². The van der Waals surface area contributed by atoms with E-state index in [9.17, 15) is 53.6 Å². The lowest BCUT2D eigenvalue weighted by Gasteiger charge is -2.47. The highest BCUT2D eigenvalue weighted by atomic mass is 32.2. The van der Waals surface area contributed by atoms with E-state index in [0.29, 0.717) is 22.4 Å². The zero-order valence-electron chi connectivity index (χ0n) is 26.3. The molecule has 2 heterocycles. The van der Waals surface area contributed by atoms with Crippen molar-refractivity contribution < 1.29 is 63.0 Å². The van der Waals surface area contributed by atoms with Gasteiger partial charge in [-0.15, -0.1) is 11.8 Å². The number of Topliss-reactive ketones (excluding diaryl/α,β-unsaturated/α-hetero) is 1. The third-order valence-corrected chi connectivity index (χ3v) is 10.8. The van der Waals surface area contributed by atoms with E-state index in [1.165, 1.54) is 47.4 Å². The van der Waals surface area contributed by atoms with Gasteiger partial charge in [-0.1, -0.05) is 42.5 Å². The van der Waals surface area contributed by atoms with Crippen molar-refractivity contribution in [1.29, 1.82) is 0 Å². The van der Waals surface area contributed by atoms with E-state index in [1.54, 1.807) is 42.5 Å². The average molecular weight is 740 g/mol. The first kappa shape index (κ1) is 36.4. The molecule has 2 fully saturated rings. The zero-order chi connectivity index (χ0) is 36.6. The van der Waals surface area contributed by atoms with Crippen LogP contribution in [0.4, 0.5) is 10.1 Å². The van der Waals surface area contributed by atoms with E-state index < -0.39 is 61.4 Å². The summed E-state index contributed by atoms with van der Waals surface area (Å²) >= 11 is 1.05. The molecule has 266 valence electrons. The second kappa shape index (κ2) is 14.7. The molecular weight excluding hydrogens is 708 g/mol. The van der Waals surface area contributed by atoms with Crippen molar-refractivity contribution in [1.82, 2.24) is 0 Å². The normalized spacial score (nSPS) is 24.9. The fraction of sp³-hybridized carbons (Fsp3) is 0.229. The molecule has 0 aromatic heterocycles. The number of thioether (sulfide) groups is 1. The Morgan fingerprint density at radius 2 is 1.51 bits per heavy atom. The molecule has 51 heavy (non-hydrogen) atoms. The van der Waals surface area contributed by atoms with Gasteiger partial charge >= 0.3 is 13.6 Å². The molecule has 2 saturated heterocycles. The van der Waals surface area contributed by atoms with Crippen LogP contribution in [-0.2, 0) is 18.9 Å². The Balaban J connectivity index is 1.41. The lowest BCUT2D eigenvalue weighted by atomic mass is 9.90. The van der Waals surface area contributed by atoms with E-state index in [0.717, 1.165) is 23.9 Å². The number of aliphatic hydroxyl groups excluding tert-OH is 3. The molecule has 4 aromatic carbocycles. The number of rotatable bonds is 11. The number of carbonyl (C=O) groups is 3. The number of benzene rings is 4. The van der Waals surface area contributed by atoms with Gasteiger partial charge in [0.05, 0.1) is 17.1 Å². The Morgan fingerprint density at radius 3 is 2.14 bits per heavy atom. The highest BCUT2D eigenvalue weighted by molar-refractivity contribution is 8.01. The van der Waals surface area contributed by atoms with E-state index in [-0.39, 0.29) is 34.1 Å². The van der Waals surface area contributed by atoms with E-state index in [1.807, 2.05) is 0 Å². The van der Waals surface area contributed by atoms with Crippen LogP contribution in [0, 0.1) is 5.82 Å². The molecule has 2 aliphatic heterocycles.